The topological polar surface area (TPSA) is 163 Å². The number of rotatable bonds is 9. The number of amides is 1. The molecule has 4 aliphatic carbocycles. The van der Waals surface area contributed by atoms with Crippen LogP contribution in [0.2, 0.25) is 0 Å². The largest absolute Gasteiger partial charge is 0.481 e. The van der Waals surface area contributed by atoms with Crippen LogP contribution in [0.25, 0.3) is 0 Å². The number of aliphatic hydroxyl groups is 1. The van der Waals surface area contributed by atoms with Crippen molar-refractivity contribution in [2.75, 3.05) is 6.61 Å². The van der Waals surface area contributed by atoms with Crippen LogP contribution in [0.5, 0.6) is 0 Å². The highest BCUT2D eigenvalue weighted by Gasteiger charge is 2.65. The summed E-state index contributed by atoms with van der Waals surface area (Å²) in [5.74, 6) is -1.90. The van der Waals surface area contributed by atoms with Crippen molar-refractivity contribution in [1.82, 2.24) is 5.32 Å². The van der Waals surface area contributed by atoms with Crippen molar-refractivity contribution in [3.05, 3.63) is 11.6 Å². The number of ketones is 1. The van der Waals surface area contributed by atoms with Gasteiger partial charge in [0.25, 0.3) is 5.91 Å². The lowest BCUT2D eigenvalue weighted by Crippen LogP contribution is -2.57. The Balaban J connectivity index is 1.38. The number of hydrogen-bond donors (Lipinski definition) is 4. The Hall–Kier alpha value is -2.75. The van der Waals surface area contributed by atoms with Gasteiger partial charge in [-0.1, -0.05) is 24.6 Å². The van der Waals surface area contributed by atoms with E-state index in [1.807, 2.05) is 0 Å². The van der Waals surface area contributed by atoms with Crippen molar-refractivity contribution in [3.63, 3.8) is 0 Å². The van der Waals surface area contributed by atoms with Gasteiger partial charge in [-0.25, -0.2) is 4.79 Å². The van der Waals surface area contributed by atoms with Gasteiger partial charge in [0, 0.05) is 11.8 Å². The van der Waals surface area contributed by atoms with Crippen LogP contribution in [0.3, 0.4) is 0 Å². The molecular formula is C28H40N2O8. The number of nitrogens with zero attached hydrogens (tertiary/aromatic N) is 1. The average molecular weight is 533 g/mol. The molecule has 0 aromatic carbocycles. The summed E-state index contributed by atoms with van der Waals surface area (Å²) in [6.07, 6.45) is 8.32. The SMILES string of the molecule is CC(=O)C1(O)CCC2C3CCC4=C/C(=N/OCC(=O)NC(CCC(=O)O)C(=O)O)CCC4(C)C3CCC21C. The smallest absolute Gasteiger partial charge is 0.326 e. The summed E-state index contributed by atoms with van der Waals surface area (Å²) in [7, 11) is 0. The van der Waals surface area contributed by atoms with Gasteiger partial charge in [0.15, 0.2) is 12.4 Å². The number of hydrogen-bond acceptors (Lipinski definition) is 7. The van der Waals surface area contributed by atoms with Crippen molar-refractivity contribution in [2.24, 2.45) is 33.7 Å². The molecule has 38 heavy (non-hydrogen) atoms. The van der Waals surface area contributed by atoms with Crippen LogP contribution in [0.4, 0.5) is 0 Å². The molecule has 0 aromatic heterocycles. The normalized spacial score (nSPS) is 37.7. The van der Waals surface area contributed by atoms with E-state index in [4.69, 9.17) is 9.94 Å². The summed E-state index contributed by atoms with van der Waals surface area (Å²) >= 11 is 0. The number of Topliss-reactive ketones (excluding diaryl/α,β-unsaturated/α-hetero) is 1. The fraction of sp³-hybridized carbons (Fsp3) is 0.750. The standard InChI is InChI=1S/C28H40N2O8/c1-16(31)28(37)13-10-21-19-5-4-17-14-18(8-11-26(17,2)20(19)9-12-27(21,28)3)30-38-15-23(32)29-22(25(35)36)6-7-24(33)34/h14,19-22,37H,4-13,15H2,1-3H3,(H,29,32)(H,33,34)(H,35,36)/b30-18+. The zero-order valence-corrected chi connectivity index (χ0v) is 22.5. The summed E-state index contributed by atoms with van der Waals surface area (Å²) in [5.41, 5.74) is 0.532. The number of fused-ring (bicyclic) bond motifs is 5. The van der Waals surface area contributed by atoms with Gasteiger partial charge in [0.2, 0.25) is 0 Å². The molecule has 210 valence electrons. The number of nitrogens with one attached hydrogen (secondary N) is 1. The molecule has 7 unspecified atom stereocenters. The van der Waals surface area contributed by atoms with E-state index in [0.717, 1.165) is 44.2 Å². The van der Waals surface area contributed by atoms with E-state index in [1.165, 1.54) is 12.5 Å². The molecule has 0 aliphatic heterocycles. The predicted octanol–water partition coefficient (Wildman–Crippen LogP) is 3.08. The van der Waals surface area contributed by atoms with E-state index in [1.54, 1.807) is 0 Å². The summed E-state index contributed by atoms with van der Waals surface area (Å²) in [6.45, 7) is 5.53. The molecule has 7 atom stereocenters. The third-order valence-corrected chi connectivity index (χ3v) is 10.4. The first-order valence-electron chi connectivity index (χ1n) is 13.7. The van der Waals surface area contributed by atoms with E-state index < -0.39 is 36.1 Å². The van der Waals surface area contributed by atoms with Crippen molar-refractivity contribution in [3.8, 4) is 0 Å². The van der Waals surface area contributed by atoms with Gasteiger partial charge in [-0.15, -0.1) is 0 Å². The van der Waals surface area contributed by atoms with E-state index in [-0.39, 0.29) is 29.5 Å². The molecule has 10 nitrogen and oxygen atoms in total. The first kappa shape index (κ1) is 28.3. The Labute approximate surface area is 222 Å². The van der Waals surface area contributed by atoms with Crippen LogP contribution < -0.4 is 5.32 Å². The minimum Gasteiger partial charge on any atom is -0.481 e. The Morgan fingerprint density at radius 1 is 1.08 bits per heavy atom. The molecule has 4 aliphatic rings. The molecule has 0 aromatic rings. The Morgan fingerprint density at radius 2 is 1.79 bits per heavy atom. The highest BCUT2D eigenvalue weighted by atomic mass is 16.6. The molecule has 0 spiro atoms. The van der Waals surface area contributed by atoms with Gasteiger partial charge in [-0.2, -0.15) is 0 Å². The molecule has 0 saturated heterocycles. The molecule has 3 saturated carbocycles. The highest BCUT2D eigenvalue weighted by Crippen LogP contribution is 2.67. The number of allylic oxidation sites excluding steroid dienone is 2. The summed E-state index contributed by atoms with van der Waals surface area (Å²) in [6, 6.07) is -1.30. The van der Waals surface area contributed by atoms with Gasteiger partial charge in [-0.3, -0.25) is 14.4 Å². The fourth-order valence-electron chi connectivity index (χ4n) is 8.17. The first-order valence-corrected chi connectivity index (χ1v) is 13.7. The summed E-state index contributed by atoms with van der Waals surface area (Å²) in [5, 5.41) is 35.7. The van der Waals surface area contributed by atoms with Crippen molar-refractivity contribution < 1.29 is 39.3 Å². The summed E-state index contributed by atoms with van der Waals surface area (Å²) < 4.78 is 0. The Kier molecular flexibility index (Phi) is 7.76. The molecule has 0 heterocycles. The van der Waals surface area contributed by atoms with Gasteiger partial charge >= 0.3 is 11.9 Å². The van der Waals surface area contributed by atoms with E-state index in [2.05, 4.69) is 30.4 Å². The minimum atomic E-state index is -1.30. The highest BCUT2D eigenvalue weighted by molar-refractivity contribution is 5.96. The molecule has 3 fully saturated rings. The lowest BCUT2D eigenvalue weighted by Gasteiger charge is -2.59. The zero-order valence-electron chi connectivity index (χ0n) is 22.5. The van der Waals surface area contributed by atoms with Gasteiger partial charge < -0.3 is 25.5 Å². The lowest BCUT2D eigenvalue weighted by molar-refractivity contribution is -0.159. The fourth-order valence-corrected chi connectivity index (χ4v) is 8.17. The van der Waals surface area contributed by atoms with Crippen molar-refractivity contribution in [1.29, 1.82) is 0 Å². The van der Waals surface area contributed by atoms with Crippen molar-refractivity contribution >= 4 is 29.3 Å². The van der Waals surface area contributed by atoms with Crippen LogP contribution in [-0.2, 0) is 24.0 Å². The van der Waals surface area contributed by atoms with Crippen LogP contribution in [0.15, 0.2) is 16.8 Å². The molecule has 0 radical (unpaired) electrons. The first-order chi connectivity index (χ1) is 17.8. The van der Waals surface area contributed by atoms with Gasteiger partial charge in [0.1, 0.15) is 11.6 Å². The van der Waals surface area contributed by atoms with Gasteiger partial charge in [-0.05, 0) is 94.0 Å². The van der Waals surface area contributed by atoms with E-state index in [0.29, 0.717) is 30.6 Å². The van der Waals surface area contributed by atoms with E-state index in [9.17, 15) is 29.4 Å². The van der Waals surface area contributed by atoms with E-state index >= 15 is 0 Å². The second kappa shape index (κ2) is 10.4. The second-order valence-corrected chi connectivity index (χ2v) is 12.2. The van der Waals surface area contributed by atoms with Crippen LogP contribution in [-0.4, -0.2) is 62.9 Å². The Morgan fingerprint density at radius 3 is 2.45 bits per heavy atom. The maximum atomic E-state index is 12.4. The Bertz CT molecular complexity index is 1070. The molecule has 10 heteroatoms. The zero-order chi connectivity index (χ0) is 27.9. The van der Waals surface area contributed by atoms with Crippen molar-refractivity contribution in [2.45, 2.75) is 96.6 Å². The molecular weight excluding hydrogens is 492 g/mol. The van der Waals surface area contributed by atoms with Crippen LogP contribution in [0, 0.1) is 28.6 Å². The number of oxime groups is 1. The monoisotopic (exact) mass is 532 g/mol. The van der Waals surface area contributed by atoms with Crippen LogP contribution in [0.1, 0.15) is 85.0 Å². The maximum Gasteiger partial charge on any atom is 0.326 e. The summed E-state index contributed by atoms with van der Waals surface area (Å²) in [4.78, 5) is 51.7. The predicted molar refractivity (Wildman–Crippen MR) is 137 cm³/mol. The number of carbonyl (C=O) groups is 4. The maximum absolute atomic E-state index is 12.4. The number of carboxylic acid groups (broad SMARTS) is 2. The average Bonchev–Trinajstić information content (AvgIpc) is 3.13. The number of carboxylic acids is 2. The minimum absolute atomic E-state index is 0.0242. The molecule has 0 bridgehead atoms. The molecule has 1 amide bonds. The third-order valence-electron chi connectivity index (χ3n) is 10.4. The molecule has 4 N–H and O–H groups in total. The second-order valence-electron chi connectivity index (χ2n) is 12.2. The lowest BCUT2D eigenvalue weighted by atomic mass is 9.46. The van der Waals surface area contributed by atoms with Crippen LogP contribution >= 0.6 is 0 Å². The number of carbonyl (C=O) groups excluding carboxylic acids is 2. The number of aliphatic carboxylic acids is 2. The van der Waals surface area contributed by atoms with Gasteiger partial charge in [0.05, 0.1) is 5.71 Å². The third kappa shape index (κ3) is 4.87. The molecule has 4 rings (SSSR count). The quantitative estimate of drug-likeness (QED) is 0.329.